The number of fused-ring (bicyclic) bond motifs is 1. The quantitative estimate of drug-likeness (QED) is 0.0870. The standard InChI is InChI=1S/C34H33BrNO7P/c1-2-39-33(37)20-29-14-13-27(19-32(29)41-22-28-17-30-15-16-40-34(30)31(35)18-28)21-36-44(38,42-23-25-9-5-3-6-10-25)43-24-26-11-7-4-8-12-26/h3-19H,2,20-24H2,1H3,(H,36,38). The van der Waals surface area contributed by atoms with Crippen LogP contribution in [0.4, 0.5) is 0 Å². The number of carbonyl (C=O) groups excluding carboxylic acids is 1. The number of carbonyl (C=O) groups is 1. The van der Waals surface area contributed by atoms with Crippen LogP contribution < -0.4 is 9.82 Å². The molecule has 0 bridgehead atoms. The van der Waals surface area contributed by atoms with Gasteiger partial charge in [0.2, 0.25) is 0 Å². The van der Waals surface area contributed by atoms with E-state index in [1.807, 2.05) is 97.1 Å². The molecule has 1 heterocycles. The van der Waals surface area contributed by atoms with Crippen LogP contribution in [0.2, 0.25) is 0 Å². The predicted octanol–water partition coefficient (Wildman–Crippen LogP) is 8.51. The summed E-state index contributed by atoms with van der Waals surface area (Å²) in [5.41, 5.74) is 4.88. The van der Waals surface area contributed by atoms with Crippen molar-refractivity contribution in [3.63, 3.8) is 0 Å². The lowest BCUT2D eigenvalue weighted by Crippen LogP contribution is -2.15. The SMILES string of the molecule is CCOC(=O)Cc1ccc(CNP(=O)(OCc2ccccc2)OCc2ccccc2)cc1OCc1cc(Br)c2occc2c1. The zero-order valence-electron chi connectivity index (χ0n) is 24.2. The van der Waals surface area contributed by atoms with Gasteiger partial charge in [0.15, 0.2) is 0 Å². The second-order valence-electron chi connectivity index (χ2n) is 9.98. The Morgan fingerprint density at radius 1 is 0.818 bits per heavy atom. The van der Waals surface area contributed by atoms with Gasteiger partial charge in [-0.05, 0) is 69.4 Å². The molecule has 1 N–H and O–H groups in total. The topological polar surface area (TPSA) is 96.2 Å². The van der Waals surface area contributed by atoms with E-state index in [4.69, 9.17) is 22.9 Å². The van der Waals surface area contributed by atoms with Crippen molar-refractivity contribution in [3.05, 3.63) is 136 Å². The molecule has 0 amide bonds. The van der Waals surface area contributed by atoms with Crippen molar-refractivity contribution in [1.29, 1.82) is 0 Å². The highest BCUT2D eigenvalue weighted by Gasteiger charge is 2.25. The van der Waals surface area contributed by atoms with Crippen molar-refractivity contribution in [1.82, 2.24) is 5.09 Å². The van der Waals surface area contributed by atoms with Gasteiger partial charge in [-0.1, -0.05) is 72.8 Å². The van der Waals surface area contributed by atoms with E-state index in [0.717, 1.165) is 37.7 Å². The number of furan rings is 1. The molecule has 0 aliphatic heterocycles. The molecule has 0 saturated heterocycles. The first kappa shape index (κ1) is 31.7. The predicted molar refractivity (Wildman–Crippen MR) is 172 cm³/mol. The Morgan fingerprint density at radius 3 is 2.16 bits per heavy atom. The summed E-state index contributed by atoms with van der Waals surface area (Å²) < 4.78 is 43.3. The summed E-state index contributed by atoms with van der Waals surface area (Å²) in [5.74, 6) is 0.171. The monoisotopic (exact) mass is 677 g/mol. The van der Waals surface area contributed by atoms with Crippen molar-refractivity contribution in [3.8, 4) is 5.75 Å². The number of rotatable bonds is 15. The van der Waals surface area contributed by atoms with E-state index in [1.54, 1.807) is 13.2 Å². The highest BCUT2D eigenvalue weighted by atomic mass is 79.9. The van der Waals surface area contributed by atoms with E-state index in [-0.39, 0.29) is 45.4 Å². The molecule has 5 aromatic rings. The van der Waals surface area contributed by atoms with Gasteiger partial charge in [-0.15, -0.1) is 0 Å². The second-order valence-corrected chi connectivity index (χ2v) is 12.7. The first-order valence-electron chi connectivity index (χ1n) is 14.2. The van der Waals surface area contributed by atoms with Crippen LogP contribution in [0, 0.1) is 0 Å². The molecule has 5 rings (SSSR count). The lowest BCUT2D eigenvalue weighted by atomic mass is 10.1. The first-order chi connectivity index (χ1) is 21.4. The van der Waals surface area contributed by atoms with E-state index < -0.39 is 7.75 Å². The second kappa shape index (κ2) is 15.3. The van der Waals surface area contributed by atoms with Gasteiger partial charge in [0.1, 0.15) is 17.9 Å². The molecule has 1 aromatic heterocycles. The minimum absolute atomic E-state index is 0.0558. The van der Waals surface area contributed by atoms with Crippen molar-refractivity contribution in [2.24, 2.45) is 0 Å². The Hall–Kier alpha value is -3.72. The normalized spacial score (nSPS) is 11.5. The third kappa shape index (κ3) is 8.91. The molecular weight excluding hydrogens is 645 g/mol. The van der Waals surface area contributed by atoms with Crippen LogP contribution in [0.5, 0.6) is 5.75 Å². The average molecular weight is 679 g/mol. The van der Waals surface area contributed by atoms with Crippen molar-refractivity contribution >= 4 is 40.6 Å². The van der Waals surface area contributed by atoms with Crippen LogP contribution in [0.15, 0.2) is 112 Å². The fraction of sp³-hybridized carbons (Fsp3) is 0.206. The molecule has 0 unspecified atom stereocenters. The molecule has 0 spiro atoms. The van der Waals surface area contributed by atoms with E-state index >= 15 is 0 Å². The fourth-order valence-corrected chi connectivity index (χ4v) is 6.37. The maximum absolute atomic E-state index is 13.9. The van der Waals surface area contributed by atoms with Gasteiger partial charge in [0.25, 0.3) is 0 Å². The maximum atomic E-state index is 13.9. The number of esters is 1. The Kier molecular flexibility index (Phi) is 11.0. The number of halogens is 1. The average Bonchev–Trinajstić information content (AvgIpc) is 3.52. The number of nitrogens with one attached hydrogen (secondary N) is 1. The van der Waals surface area contributed by atoms with Crippen LogP contribution in [0.1, 0.15) is 34.7 Å². The number of hydrogen-bond donors (Lipinski definition) is 1. The van der Waals surface area contributed by atoms with Gasteiger partial charge in [0.05, 0.1) is 37.0 Å². The largest absolute Gasteiger partial charge is 0.489 e. The molecule has 8 nitrogen and oxygen atoms in total. The summed E-state index contributed by atoms with van der Waals surface area (Å²) in [6.07, 6.45) is 1.69. The molecule has 10 heteroatoms. The minimum atomic E-state index is -3.74. The molecule has 0 aliphatic rings. The fourth-order valence-electron chi connectivity index (χ4n) is 4.48. The molecule has 0 saturated carbocycles. The third-order valence-electron chi connectivity index (χ3n) is 6.70. The third-order valence-corrected chi connectivity index (χ3v) is 8.77. The highest BCUT2D eigenvalue weighted by molar-refractivity contribution is 9.10. The highest BCUT2D eigenvalue weighted by Crippen LogP contribution is 2.46. The number of benzene rings is 4. The molecule has 0 atom stereocenters. The van der Waals surface area contributed by atoms with E-state index in [2.05, 4.69) is 21.0 Å². The number of hydrogen-bond acceptors (Lipinski definition) is 7. The molecule has 0 radical (unpaired) electrons. The Bertz CT molecular complexity index is 1680. The van der Waals surface area contributed by atoms with Crippen LogP contribution in [0.25, 0.3) is 11.0 Å². The molecular formula is C34H33BrNO7P. The van der Waals surface area contributed by atoms with Crippen LogP contribution >= 0.6 is 23.7 Å². The van der Waals surface area contributed by atoms with Crippen molar-refractivity contribution in [2.45, 2.75) is 39.7 Å². The lowest BCUT2D eigenvalue weighted by molar-refractivity contribution is -0.142. The van der Waals surface area contributed by atoms with E-state index in [0.29, 0.717) is 11.3 Å². The zero-order chi connectivity index (χ0) is 30.8. The molecule has 44 heavy (non-hydrogen) atoms. The van der Waals surface area contributed by atoms with Crippen LogP contribution in [-0.2, 0) is 55.9 Å². The molecule has 0 fully saturated rings. The van der Waals surface area contributed by atoms with E-state index in [1.165, 1.54) is 0 Å². The van der Waals surface area contributed by atoms with Gasteiger partial charge in [-0.25, -0.2) is 9.65 Å². The lowest BCUT2D eigenvalue weighted by Gasteiger charge is -2.20. The van der Waals surface area contributed by atoms with Gasteiger partial charge in [-0.3, -0.25) is 13.8 Å². The summed E-state index contributed by atoms with van der Waals surface area (Å²) in [6.45, 7) is 2.71. The van der Waals surface area contributed by atoms with Gasteiger partial charge in [0, 0.05) is 17.5 Å². The van der Waals surface area contributed by atoms with Crippen molar-refractivity contribution < 1.29 is 32.3 Å². The summed E-state index contributed by atoms with van der Waals surface area (Å²) in [5, 5.41) is 3.95. The Morgan fingerprint density at radius 2 is 1.50 bits per heavy atom. The maximum Gasteiger partial charge on any atom is 0.406 e. The number of ether oxygens (including phenoxy) is 2. The molecule has 0 aliphatic carbocycles. The Balaban J connectivity index is 1.33. The van der Waals surface area contributed by atoms with E-state index in [9.17, 15) is 9.36 Å². The summed E-state index contributed by atoms with van der Waals surface area (Å²) in [4.78, 5) is 12.3. The zero-order valence-corrected chi connectivity index (χ0v) is 26.7. The van der Waals surface area contributed by atoms with Gasteiger partial charge < -0.3 is 13.9 Å². The van der Waals surface area contributed by atoms with Gasteiger partial charge in [-0.2, -0.15) is 0 Å². The first-order valence-corrected chi connectivity index (χ1v) is 16.5. The van der Waals surface area contributed by atoms with Gasteiger partial charge >= 0.3 is 13.7 Å². The minimum Gasteiger partial charge on any atom is -0.489 e. The molecule has 228 valence electrons. The van der Waals surface area contributed by atoms with Crippen LogP contribution in [0.3, 0.4) is 0 Å². The van der Waals surface area contributed by atoms with Crippen molar-refractivity contribution in [2.75, 3.05) is 6.61 Å². The summed E-state index contributed by atoms with van der Waals surface area (Å²) in [6, 6.07) is 30.3. The smallest absolute Gasteiger partial charge is 0.406 e. The summed E-state index contributed by atoms with van der Waals surface area (Å²) in [7, 11) is -3.74. The summed E-state index contributed by atoms with van der Waals surface area (Å²) >= 11 is 3.55. The van der Waals surface area contributed by atoms with Crippen LogP contribution in [-0.4, -0.2) is 12.6 Å². The Labute approximate surface area is 265 Å². The molecule has 4 aromatic carbocycles.